The van der Waals surface area contributed by atoms with Crippen LogP contribution in [0.1, 0.15) is 72.6 Å². The van der Waals surface area contributed by atoms with E-state index in [0.717, 1.165) is 25.7 Å². The third-order valence-corrected chi connectivity index (χ3v) is 2.45. The average Bonchev–Trinajstić information content (AvgIpc) is 2.22. The van der Waals surface area contributed by atoms with Gasteiger partial charge in [0.2, 0.25) is 0 Å². The topological polar surface area (TPSA) is 35.5 Å². The van der Waals surface area contributed by atoms with Crippen LogP contribution in [0.4, 0.5) is 0 Å². The van der Waals surface area contributed by atoms with E-state index in [4.69, 9.17) is 9.78 Å². The molecule has 0 rings (SSSR count). The van der Waals surface area contributed by atoms with E-state index < -0.39 is 0 Å². The van der Waals surface area contributed by atoms with Gasteiger partial charge < -0.3 is 0 Å². The number of rotatable bonds is 9. The van der Waals surface area contributed by atoms with Crippen molar-refractivity contribution in [2.45, 2.75) is 78.2 Å². The molecule has 0 heterocycles. The third kappa shape index (κ3) is 8.72. The molecule has 0 aliphatic carbocycles. The molecule has 0 N–H and O–H groups in total. The minimum atomic E-state index is -0.367. The van der Waals surface area contributed by atoms with Crippen LogP contribution in [0.5, 0.6) is 0 Å². The zero-order valence-corrected chi connectivity index (χ0v) is 11.2. The summed E-state index contributed by atoms with van der Waals surface area (Å²) < 4.78 is 0. The fourth-order valence-electron chi connectivity index (χ4n) is 1.54. The summed E-state index contributed by atoms with van der Waals surface area (Å²) in [6, 6.07) is 0. The number of carbonyl (C=O) groups is 1. The highest BCUT2D eigenvalue weighted by Crippen LogP contribution is 2.17. The standard InChI is InChI=1S/C13H26O3/c1-5-7-8-9-10-12(14)15-16-13(3,4)11-6-2/h5-11H2,1-4H3. The molecule has 0 amide bonds. The first-order valence-electron chi connectivity index (χ1n) is 6.40. The molecule has 0 aromatic carbocycles. The molecule has 0 bridgehead atoms. The lowest BCUT2D eigenvalue weighted by atomic mass is 10.0. The van der Waals surface area contributed by atoms with Crippen molar-refractivity contribution in [2.75, 3.05) is 0 Å². The maximum Gasteiger partial charge on any atom is 0.342 e. The second-order valence-electron chi connectivity index (χ2n) is 4.86. The summed E-state index contributed by atoms with van der Waals surface area (Å²) in [6.07, 6.45) is 6.69. The number of hydrogen-bond acceptors (Lipinski definition) is 3. The quantitative estimate of drug-likeness (QED) is 0.341. The van der Waals surface area contributed by atoms with Crippen LogP contribution in [-0.2, 0) is 14.6 Å². The van der Waals surface area contributed by atoms with Crippen LogP contribution < -0.4 is 0 Å². The van der Waals surface area contributed by atoms with Crippen LogP contribution in [0.15, 0.2) is 0 Å². The zero-order valence-electron chi connectivity index (χ0n) is 11.2. The SMILES string of the molecule is CCCCCCC(=O)OOC(C)(C)CCC. The molecule has 0 saturated carbocycles. The van der Waals surface area contributed by atoms with Crippen LogP contribution >= 0.6 is 0 Å². The van der Waals surface area contributed by atoms with Crippen LogP contribution in [0, 0.1) is 0 Å². The maximum atomic E-state index is 11.3. The van der Waals surface area contributed by atoms with Crippen molar-refractivity contribution >= 4 is 5.97 Å². The Balaban J connectivity index is 3.56. The molecule has 16 heavy (non-hydrogen) atoms. The van der Waals surface area contributed by atoms with Crippen LogP contribution in [0.3, 0.4) is 0 Å². The summed E-state index contributed by atoms with van der Waals surface area (Å²) in [7, 11) is 0. The van der Waals surface area contributed by atoms with E-state index in [1.165, 1.54) is 12.8 Å². The highest BCUT2D eigenvalue weighted by Gasteiger charge is 2.20. The number of carbonyl (C=O) groups excluding carboxylic acids is 1. The molecule has 0 saturated heterocycles. The van der Waals surface area contributed by atoms with Gasteiger partial charge >= 0.3 is 5.97 Å². The lowest BCUT2D eigenvalue weighted by Crippen LogP contribution is -2.25. The fraction of sp³-hybridized carbons (Fsp3) is 0.923. The monoisotopic (exact) mass is 230 g/mol. The third-order valence-electron chi connectivity index (χ3n) is 2.45. The smallest absolute Gasteiger partial charge is 0.298 e. The molecule has 3 heteroatoms. The molecule has 0 spiro atoms. The van der Waals surface area contributed by atoms with Gasteiger partial charge in [-0.3, -0.25) is 4.89 Å². The van der Waals surface area contributed by atoms with Crippen molar-refractivity contribution in [3.8, 4) is 0 Å². The molecule has 0 aromatic rings. The predicted molar refractivity (Wildman–Crippen MR) is 64.9 cm³/mol. The minimum Gasteiger partial charge on any atom is -0.298 e. The van der Waals surface area contributed by atoms with E-state index >= 15 is 0 Å². The van der Waals surface area contributed by atoms with E-state index in [9.17, 15) is 4.79 Å². The summed E-state index contributed by atoms with van der Waals surface area (Å²) >= 11 is 0. The van der Waals surface area contributed by atoms with Gasteiger partial charge in [0.05, 0.1) is 0 Å². The predicted octanol–water partition coefficient (Wildman–Crippen LogP) is 4.01. The summed E-state index contributed by atoms with van der Waals surface area (Å²) in [6.45, 7) is 8.09. The summed E-state index contributed by atoms with van der Waals surface area (Å²) in [5.41, 5.74) is -0.367. The molecular formula is C13H26O3. The van der Waals surface area contributed by atoms with Gasteiger partial charge in [-0.2, -0.15) is 4.89 Å². The normalized spacial score (nSPS) is 11.5. The van der Waals surface area contributed by atoms with Gasteiger partial charge in [-0.15, -0.1) is 0 Å². The Labute approximate surface area is 99.4 Å². The molecule has 0 radical (unpaired) electrons. The second-order valence-corrected chi connectivity index (χ2v) is 4.86. The van der Waals surface area contributed by atoms with Crippen molar-refractivity contribution in [3.05, 3.63) is 0 Å². The Bertz CT molecular complexity index is 188. The molecule has 0 unspecified atom stereocenters. The lowest BCUT2D eigenvalue weighted by molar-refractivity contribution is -0.326. The van der Waals surface area contributed by atoms with Gasteiger partial charge in [0.25, 0.3) is 0 Å². The van der Waals surface area contributed by atoms with E-state index in [1.807, 2.05) is 13.8 Å². The van der Waals surface area contributed by atoms with Gasteiger partial charge in [0.15, 0.2) is 0 Å². The van der Waals surface area contributed by atoms with Crippen molar-refractivity contribution < 1.29 is 14.6 Å². The van der Waals surface area contributed by atoms with Crippen LogP contribution in [0.25, 0.3) is 0 Å². The van der Waals surface area contributed by atoms with E-state index in [0.29, 0.717) is 6.42 Å². The largest absolute Gasteiger partial charge is 0.342 e. The Morgan fingerprint density at radius 1 is 1.06 bits per heavy atom. The van der Waals surface area contributed by atoms with Gasteiger partial charge in [0.1, 0.15) is 5.60 Å². The summed E-state index contributed by atoms with van der Waals surface area (Å²) in [5.74, 6) is -0.250. The zero-order chi connectivity index (χ0) is 12.4. The van der Waals surface area contributed by atoms with Crippen molar-refractivity contribution in [1.82, 2.24) is 0 Å². The van der Waals surface area contributed by atoms with Gasteiger partial charge in [-0.05, 0) is 26.7 Å². The van der Waals surface area contributed by atoms with Crippen LogP contribution in [-0.4, -0.2) is 11.6 Å². The number of unbranched alkanes of at least 4 members (excludes halogenated alkanes) is 3. The van der Waals surface area contributed by atoms with Crippen molar-refractivity contribution in [1.29, 1.82) is 0 Å². The summed E-state index contributed by atoms with van der Waals surface area (Å²) in [4.78, 5) is 21.2. The van der Waals surface area contributed by atoms with E-state index in [2.05, 4.69) is 13.8 Å². The molecule has 3 nitrogen and oxygen atoms in total. The van der Waals surface area contributed by atoms with Gasteiger partial charge in [-0.1, -0.05) is 39.5 Å². The Hall–Kier alpha value is -0.570. The fourth-order valence-corrected chi connectivity index (χ4v) is 1.54. The summed E-state index contributed by atoms with van der Waals surface area (Å²) in [5, 5.41) is 0. The van der Waals surface area contributed by atoms with Gasteiger partial charge in [-0.25, -0.2) is 4.79 Å². The van der Waals surface area contributed by atoms with Crippen molar-refractivity contribution in [3.63, 3.8) is 0 Å². The number of hydrogen-bond donors (Lipinski definition) is 0. The Morgan fingerprint density at radius 2 is 1.75 bits per heavy atom. The molecule has 0 aromatic heterocycles. The highest BCUT2D eigenvalue weighted by atomic mass is 17.2. The Kier molecular flexibility index (Phi) is 8.26. The van der Waals surface area contributed by atoms with Crippen molar-refractivity contribution in [2.24, 2.45) is 0 Å². The van der Waals surface area contributed by atoms with E-state index in [1.54, 1.807) is 0 Å². The first-order valence-corrected chi connectivity index (χ1v) is 6.40. The molecule has 96 valence electrons. The molecule has 0 fully saturated rings. The molecule has 0 aliphatic rings. The first kappa shape index (κ1) is 15.4. The lowest BCUT2D eigenvalue weighted by Gasteiger charge is -2.21. The van der Waals surface area contributed by atoms with Crippen LogP contribution in [0.2, 0.25) is 0 Å². The van der Waals surface area contributed by atoms with Gasteiger partial charge in [0, 0.05) is 6.42 Å². The molecular weight excluding hydrogens is 204 g/mol. The molecule has 0 atom stereocenters. The minimum absolute atomic E-state index is 0.250. The molecule has 0 aliphatic heterocycles. The highest BCUT2D eigenvalue weighted by molar-refractivity contribution is 5.68. The van der Waals surface area contributed by atoms with E-state index in [-0.39, 0.29) is 11.6 Å². The Morgan fingerprint density at radius 3 is 2.31 bits per heavy atom. The first-order chi connectivity index (χ1) is 7.52. The second kappa shape index (κ2) is 8.57. The maximum absolute atomic E-state index is 11.3. The average molecular weight is 230 g/mol.